The van der Waals surface area contributed by atoms with E-state index < -0.39 is 0 Å². The van der Waals surface area contributed by atoms with Crippen LogP contribution in [0.4, 0.5) is 0 Å². The Morgan fingerprint density at radius 1 is 1.38 bits per heavy atom. The number of allylic oxidation sites excluding steroid dienone is 2. The zero-order valence-corrected chi connectivity index (χ0v) is 10.2. The van der Waals surface area contributed by atoms with Crippen LogP contribution in [-0.2, 0) is 0 Å². The first-order valence-electron chi connectivity index (χ1n) is 5.61. The average Bonchev–Trinajstić information content (AvgIpc) is 2.67. The van der Waals surface area contributed by atoms with Crippen molar-refractivity contribution >= 4 is 27.5 Å². The zero-order chi connectivity index (χ0) is 11.1. The van der Waals surface area contributed by atoms with Crippen molar-refractivity contribution in [1.29, 1.82) is 0 Å². The molecule has 1 heterocycles. The van der Waals surface area contributed by atoms with Crippen molar-refractivity contribution in [3.8, 4) is 0 Å². The van der Waals surface area contributed by atoms with Crippen LogP contribution >= 0.6 is 11.3 Å². The fraction of sp³-hybridized carbons (Fsp3) is 0.200. The van der Waals surface area contributed by atoms with E-state index in [4.69, 9.17) is 0 Å². The lowest BCUT2D eigenvalue weighted by Crippen LogP contribution is -2.00. The number of hydrogen-bond donors (Lipinski definition) is 0. The van der Waals surface area contributed by atoms with Crippen LogP contribution in [0.2, 0.25) is 0 Å². The smallest absolute Gasteiger partial charge is 0.0352 e. The molecule has 0 saturated carbocycles. The maximum absolute atomic E-state index is 4.12. The van der Waals surface area contributed by atoms with E-state index in [1.54, 1.807) is 0 Å². The van der Waals surface area contributed by atoms with Crippen LogP contribution in [-0.4, -0.2) is 0 Å². The highest BCUT2D eigenvalue weighted by Crippen LogP contribution is 2.43. The molecule has 0 radical (unpaired) electrons. The summed E-state index contributed by atoms with van der Waals surface area (Å²) in [5.41, 5.74) is 2.69. The van der Waals surface area contributed by atoms with Crippen LogP contribution in [0.15, 0.2) is 42.5 Å². The molecule has 16 heavy (non-hydrogen) atoms. The minimum absolute atomic E-state index is 0.525. The van der Waals surface area contributed by atoms with Crippen LogP contribution in [0, 0.1) is 0 Å². The topological polar surface area (TPSA) is 0 Å². The van der Waals surface area contributed by atoms with Crippen LogP contribution in [0.25, 0.3) is 16.2 Å². The number of rotatable bonds is 1. The van der Waals surface area contributed by atoms with E-state index in [0.717, 1.165) is 6.42 Å². The van der Waals surface area contributed by atoms with E-state index in [1.165, 1.54) is 26.1 Å². The Labute approximate surface area is 99.9 Å². The third-order valence-corrected chi connectivity index (χ3v) is 4.53. The molecule has 0 fully saturated rings. The quantitative estimate of drug-likeness (QED) is 0.602. The monoisotopic (exact) mass is 226 g/mol. The highest BCUT2D eigenvalue weighted by atomic mass is 32.1. The standard InChI is InChI=1S/C15H14S/c1-10(2)11-7-5-8-13-12-6-3-4-9-14(12)16-15(11)13/h3-6,8-9,11H,1,7H2,2H3. The maximum atomic E-state index is 4.12. The lowest BCUT2D eigenvalue weighted by molar-refractivity contribution is 0.822. The number of fused-ring (bicyclic) bond motifs is 3. The minimum atomic E-state index is 0.525. The Morgan fingerprint density at radius 2 is 2.19 bits per heavy atom. The van der Waals surface area contributed by atoms with Gasteiger partial charge >= 0.3 is 0 Å². The lowest BCUT2D eigenvalue weighted by atomic mass is 9.89. The van der Waals surface area contributed by atoms with Gasteiger partial charge in [-0.2, -0.15) is 0 Å². The number of thiophene rings is 1. The Morgan fingerprint density at radius 3 is 3.00 bits per heavy atom. The molecule has 0 bridgehead atoms. The molecule has 0 N–H and O–H groups in total. The van der Waals surface area contributed by atoms with E-state index in [1.807, 2.05) is 11.3 Å². The van der Waals surface area contributed by atoms with Gasteiger partial charge in [0, 0.05) is 15.5 Å². The zero-order valence-electron chi connectivity index (χ0n) is 9.36. The van der Waals surface area contributed by atoms with Crippen LogP contribution < -0.4 is 0 Å². The van der Waals surface area contributed by atoms with Gasteiger partial charge in [0.15, 0.2) is 0 Å². The fourth-order valence-electron chi connectivity index (χ4n) is 2.37. The molecule has 1 aliphatic carbocycles. The molecule has 1 atom stereocenters. The van der Waals surface area contributed by atoms with Crippen molar-refractivity contribution in [2.45, 2.75) is 19.3 Å². The second-order valence-corrected chi connectivity index (χ2v) is 5.50. The maximum Gasteiger partial charge on any atom is 0.0352 e. The lowest BCUT2D eigenvalue weighted by Gasteiger charge is -2.18. The molecule has 3 rings (SSSR count). The Bertz CT molecular complexity index is 587. The molecule has 0 nitrogen and oxygen atoms in total. The van der Waals surface area contributed by atoms with Crippen molar-refractivity contribution in [2.75, 3.05) is 0 Å². The molecule has 1 aromatic heterocycles. The average molecular weight is 226 g/mol. The van der Waals surface area contributed by atoms with Gasteiger partial charge in [-0.1, -0.05) is 42.5 Å². The molecule has 0 aliphatic heterocycles. The van der Waals surface area contributed by atoms with Crippen LogP contribution in [0.5, 0.6) is 0 Å². The first-order valence-corrected chi connectivity index (χ1v) is 6.42. The van der Waals surface area contributed by atoms with Crippen molar-refractivity contribution < 1.29 is 0 Å². The summed E-state index contributed by atoms with van der Waals surface area (Å²) in [5.74, 6) is 0.525. The van der Waals surface area contributed by atoms with E-state index >= 15 is 0 Å². The van der Waals surface area contributed by atoms with E-state index in [-0.39, 0.29) is 0 Å². The van der Waals surface area contributed by atoms with E-state index in [9.17, 15) is 0 Å². The van der Waals surface area contributed by atoms with Gasteiger partial charge in [-0.15, -0.1) is 11.3 Å². The summed E-state index contributed by atoms with van der Waals surface area (Å²) in [6.45, 7) is 6.26. The van der Waals surface area contributed by atoms with Crippen LogP contribution in [0.1, 0.15) is 29.7 Å². The van der Waals surface area contributed by atoms with Crippen molar-refractivity contribution in [3.05, 3.63) is 52.9 Å². The van der Waals surface area contributed by atoms with Crippen LogP contribution in [0.3, 0.4) is 0 Å². The molecule has 1 aromatic carbocycles. The minimum Gasteiger partial charge on any atom is -0.139 e. The second-order valence-electron chi connectivity index (χ2n) is 4.41. The van der Waals surface area contributed by atoms with Gasteiger partial charge in [0.05, 0.1) is 0 Å². The first kappa shape index (κ1) is 9.86. The number of hydrogen-bond acceptors (Lipinski definition) is 1. The summed E-state index contributed by atoms with van der Waals surface area (Å²) in [6.07, 6.45) is 5.66. The SMILES string of the molecule is C=C(C)C1CC=Cc2c1sc1ccccc21. The fourth-order valence-corrected chi connectivity index (χ4v) is 3.77. The molecular formula is C15H14S. The molecule has 0 amide bonds. The second kappa shape index (κ2) is 3.60. The molecule has 1 aliphatic rings. The normalized spacial score (nSPS) is 18.7. The highest BCUT2D eigenvalue weighted by Gasteiger charge is 2.21. The van der Waals surface area contributed by atoms with Gasteiger partial charge in [0.25, 0.3) is 0 Å². The van der Waals surface area contributed by atoms with E-state index in [0.29, 0.717) is 5.92 Å². The van der Waals surface area contributed by atoms with Gasteiger partial charge in [0.2, 0.25) is 0 Å². The summed E-state index contributed by atoms with van der Waals surface area (Å²) in [7, 11) is 0. The molecule has 1 unspecified atom stereocenters. The summed E-state index contributed by atoms with van der Waals surface area (Å²) in [5, 5.41) is 1.39. The molecule has 80 valence electrons. The summed E-state index contributed by atoms with van der Waals surface area (Å²) in [6, 6.07) is 8.66. The van der Waals surface area contributed by atoms with Gasteiger partial charge < -0.3 is 0 Å². The van der Waals surface area contributed by atoms with Crippen molar-refractivity contribution in [1.82, 2.24) is 0 Å². The summed E-state index contributed by atoms with van der Waals surface area (Å²) < 4.78 is 1.39. The van der Waals surface area contributed by atoms with Crippen molar-refractivity contribution in [3.63, 3.8) is 0 Å². The molecular weight excluding hydrogens is 212 g/mol. The van der Waals surface area contributed by atoms with Gasteiger partial charge in [-0.3, -0.25) is 0 Å². The van der Waals surface area contributed by atoms with Crippen molar-refractivity contribution in [2.24, 2.45) is 0 Å². The third kappa shape index (κ3) is 1.35. The Hall–Kier alpha value is -1.34. The Kier molecular flexibility index (Phi) is 2.22. The third-order valence-electron chi connectivity index (χ3n) is 3.23. The summed E-state index contributed by atoms with van der Waals surface area (Å²) in [4.78, 5) is 1.50. The largest absolute Gasteiger partial charge is 0.139 e. The number of benzene rings is 1. The first-order chi connectivity index (χ1) is 7.77. The molecule has 0 spiro atoms. The molecule has 1 heteroatoms. The van der Waals surface area contributed by atoms with Gasteiger partial charge in [-0.05, 0) is 30.4 Å². The molecule has 0 saturated heterocycles. The summed E-state index contributed by atoms with van der Waals surface area (Å²) >= 11 is 1.92. The van der Waals surface area contributed by atoms with E-state index in [2.05, 4.69) is 49.9 Å². The Balaban J connectivity index is 2.30. The molecule has 2 aromatic rings. The highest BCUT2D eigenvalue weighted by molar-refractivity contribution is 7.19. The predicted molar refractivity (Wildman–Crippen MR) is 73.0 cm³/mol. The van der Waals surface area contributed by atoms with Gasteiger partial charge in [0.1, 0.15) is 0 Å². The van der Waals surface area contributed by atoms with Gasteiger partial charge in [-0.25, -0.2) is 0 Å². The predicted octanol–water partition coefficient (Wildman–Crippen LogP) is 4.98.